The van der Waals surface area contributed by atoms with Crippen LogP contribution in [-0.2, 0) is 11.3 Å². The summed E-state index contributed by atoms with van der Waals surface area (Å²) in [6, 6.07) is 9.32. The first-order chi connectivity index (χ1) is 9.49. The van der Waals surface area contributed by atoms with E-state index < -0.39 is 11.9 Å². The predicted octanol–water partition coefficient (Wildman–Crippen LogP) is 3.64. The van der Waals surface area contributed by atoms with Crippen molar-refractivity contribution in [2.24, 2.45) is 0 Å². The van der Waals surface area contributed by atoms with E-state index in [0.717, 1.165) is 12.1 Å². The summed E-state index contributed by atoms with van der Waals surface area (Å²) in [4.78, 5) is 13.5. The van der Waals surface area contributed by atoms with Gasteiger partial charge in [-0.25, -0.2) is 0 Å². The van der Waals surface area contributed by atoms with E-state index in [1.807, 2.05) is 12.1 Å². The zero-order valence-electron chi connectivity index (χ0n) is 12.7. The molecule has 1 aliphatic heterocycles. The lowest BCUT2D eigenvalue weighted by molar-refractivity contribution is -0.138. The number of likely N-dealkylation sites (tertiary alicyclic amines) is 1. The Hall–Kier alpha value is -1.35. The lowest BCUT2D eigenvalue weighted by Crippen LogP contribution is -2.42. The summed E-state index contributed by atoms with van der Waals surface area (Å²) < 4.78 is 0. The molecule has 0 spiro atoms. The summed E-state index contributed by atoms with van der Waals surface area (Å²) in [5.74, 6) is -1.20. The van der Waals surface area contributed by atoms with Gasteiger partial charge in [-0.15, -0.1) is 0 Å². The highest BCUT2D eigenvalue weighted by Crippen LogP contribution is 2.25. The van der Waals surface area contributed by atoms with E-state index in [1.54, 1.807) is 6.92 Å². The molecular formula is C17H25NO2. The molecule has 1 aliphatic rings. The number of carboxylic acids is 1. The SMILES string of the molecule is CC(C(=O)O)c1ccc(CN2[C@H](C)CCC[C@@H]2C)cc1. The van der Waals surface area contributed by atoms with Crippen LogP contribution < -0.4 is 0 Å². The van der Waals surface area contributed by atoms with Crippen molar-refractivity contribution >= 4 is 5.97 Å². The Bertz CT molecular complexity index is 445. The van der Waals surface area contributed by atoms with E-state index in [9.17, 15) is 4.79 Å². The number of nitrogens with zero attached hydrogens (tertiary/aromatic N) is 1. The largest absolute Gasteiger partial charge is 0.481 e. The molecular weight excluding hydrogens is 250 g/mol. The molecule has 0 radical (unpaired) electrons. The molecule has 3 heteroatoms. The van der Waals surface area contributed by atoms with Crippen LogP contribution in [0.2, 0.25) is 0 Å². The van der Waals surface area contributed by atoms with Crippen molar-refractivity contribution < 1.29 is 9.90 Å². The van der Waals surface area contributed by atoms with Crippen LogP contribution in [0.15, 0.2) is 24.3 Å². The van der Waals surface area contributed by atoms with Gasteiger partial charge < -0.3 is 5.11 Å². The smallest absolute Gasteiger partial charge is 0.310 e. The molecule has 20 heavy (non-hydrogen) atoms. The van der Waals surface area contributed by atoms with E-state index in [4.69, 9.17) is 5.11 Å². The van der Waals surface area contributed by atoms with Crippen molar-refractivity contribution in [1.29, 1.82) is 0 Å². The van der Waals surface area contributed by atoms with Gasteiger partial charge in [0.05, 0.1) is 5.92 Å². The van der Waals surface area contributed by atoms with Gasteiger partial charge in [-0.1, -0.05) is 30.7 Å². The van der Waals surface area contributed by atoms with Gasteiger partial charge in [-0.3, -0.25) is 9.69 Å². The fourth-order valence-electron chi connectivity index (χ4n) is 3.05. The van der Waals surface area contributed by atoms with Gasteiger partial charge in [0.2, 0.25) is 0 Å². The first kappa shape index (κ1) is 15.0. The first-order valence-corrected chi connectivity index (χ1v) is 7.56. The third-order valence-corrected chi connectivity index (χ3v) is 4.59. The number of hydrogen-bond acceptors (Lipinski definition) is 2. The Balaban J connectivity index is 2.05. The molecule has 0 aliphatic carbocycles. The monoisotopic (exact) mass is 275 g/mol. The maximum Gasteiger partial charge on any atom is 0.310 e. The van der Waals surface area contributed by atoms with E-state index in [-0.39, 0.29) is 0 Å². The Labute approximate surface area is 121 Å². The molecule has 0 amide bonds. The number of hydrogen-bond donors (Lipinski definition) is 1. The van der Waals surface area contributed by atoms with Gasteiger partial charge in [0, 0.05) is 18.6 Å². The molecule has 2 rings (SSSR count). The maximum absolute atomic E-state index is 11.0. The van der Waals surface area contributed by atoms with Gasteiger partial charge in [0.1, 0.15) is 0 Å². The van der Waals surface area contributed by atoms with Crippen molar-refractivity contribution in [3.8, 4) is 0 Å². The highest BCUT2D eigenvalue weighted by Gasteiger charge is 2.24. The molecule has 1 aromatic carbocycles. The van der Waals surface area contributed by atoms with Crippen molar-refractivity contribution in [1.82, 2.24) is 4.90 Å². The average Bonchev–Trinajstić information content (AvgIpc) is 2.43. The second-order valence-electron chi connectivity index (χ2n) is 6.10. The fraction of sp³-hybridized carbons (Fsp3) is 0.588. The molecule has 1 N–H and O–H groups in total. The minimum atomic E-state index is -0.768. The summed E-state index contributed by atoms with van der Waals surface area (Å²) in [7, 11) is 0. The zero-order valence-corrected chi connectivity index (χ0v) is 12.7. The van der Waals surface area contributed by atoms with E-state index >= 15 is 0 Å². The van der Waals surface area contributed by atoms with Crippen molar-refractivity contribution in [2.45, 2.75) is 64.6 Å². The van der Waals surface area contributed by atoms with Crippen LogP contribution in [0.1, 0.15) is 57.1 Å². The molecule has 1 aromatic rings. The van der Waals surface area contributed by atoms with Crippen LogP contribution in [0.5, 0.6) is 0 Å². The lowest BCUT2D eigenvalue weighted by atomic mass is 9.96. The Morgan fingerprint density at radius 2 is 1.80 bits per heavy atom. The molecule has 3 nitrogen and oxygen atoms in total. The summed E-state index contributed by atoms with van der Waals surface area (Å²) in [6.07, 6.45) is 3.88. The number of piperidine rings is 1. The summed E-state index contributed by atoms with van der Waals surface area (Å²) in [5.41, 5.74) is 2.15. The van der Waals surface area contributed by atoms with Crippen LogP contribution >= 0.6 is 0 Å². The molecule has 1 heterocycles. The minimum absolute atomic E-state index is 0.433. The molecule has 1 saturated heterocycles. The second-order valence-corrected chi connectivity index (χ2v) is 6.10. The second kappa shape index (κ2) is 6.40. The van der Waals surface area contributed by atoms with Crippen LogP contribution in [0, 0.1) is 0 Å². The molecule has 1 unspecified atom stereocenters. The Kier molecular flexibility index (Phi) is 4.81. The summed E-state index contributed by atoms with van der Waals surface area (Å²) in [6.45, 7) is 7.29. The predicted molar refractivity (Wildman–Crippen MR) is 80.8 cm³/mol. The number of aliphatic carboxylic acids is 1. The molecule has 110 valence electrons. The van der Waals surface area contributed by atoms with Gasteiger partial charge >= 0.3 is 5.97 Å². The van der Waals surface area contributed by atoms with Gasteiger partial charge in [-0.05, 0) is 44.7 Å². The van der Waals surface area contributed by atoms with E-state index in [1.165, 1.54) is 24.8 Å². The normalized spacial score (nSPS) is 25.4. The Morgan fingerprint density at radius 1 is 1.25 bits per heavy atom. The first-order valence-electron chi connectivity index (χ1n) is 7.56. The van der Waals surface area contributed by atoms with E-state index in [2.05, 4.69) is 30.9 Å². The molecule has 0 bridgehead atoms. The minimum Gasteiger partial charge on any atom is -0.481 e. The molecule has 1 fully saturated rings. The van der Waals surface area contributed by atoms with Crippen LogP contribution in [0.4, 0.5) is 0 Å². The van der Waals surface area contributed by atoms with E-state index in [0.29, 0.717) is 12.1 Å². The van der Waals surface area contributed by atoms with Gasteiger partial charge in [0.25, 0.3) is 0 Å². The molecule has 0 saturated carbocycles. The quantitative estimate of drug-likeness (QED) is 0.912. The average molecular weight is 275 g/mol. The van der Waals surface area contributed by atoms with Crippen molar-refractivity contribution in [3.05, 3.63) is 35.4 Å². The van der Waals surface area contributed by atoms with Crippen LogP contribution in [0.25, 0.3) is 0 Å². The highest BCUT2D eigenvalue weighted by atomic mass is 16.4. The third-order valence-electron chi connectivity index (χ3n) is 4.59. The number of carbonyl (C=O) groups is 1. The number of benzene rings is 1. The highest BCUT2D eigenvalue weighted by molar-refractivity contribution is 5.75. The van der Waals surface area contributed by atoms with Crippen LogP contribution in [0.3, 0.4) is 0 Å². The maximum atomic E-state index is 11.0. The lowest BCUT2D eigenvalue weighted by Gasteiger charge is -2.39. The van der Waals surface area contributed by atoms with Crippen molar-refractivity contribution in [2.75, 3.05) is 0 Å². The van der Waals surface area contributed by atoms with Gasteiger partial charge in [0.15, 0.2) is 0 Å². The Morgan fingerprint density at radius 3 is 2.30 bits per heavy atom. The number of rotatable bonds is 4. The zero-order chi connectivity index (χ0) is 14.7. The number of carboxylic acid groups (broad SMARTS) is 1. The third kappa shape index (κ3) is 3.40. The van der Waals surface area contributed by atoms with Gasteiger partial charge in [-0.2, -0.15) is 0 Å². The van der Waals surface area contributed by atoms with Crippen molar-refractivity contribution in [3.63, 3.8) is 0 Å². The van der Waals surface area contributed by atoms with Crippen LogP contribution in [-0.4, -0.2) is 28.1 Å². The molecule has 0 aromatic heterocycles. The summed E-state index contributed by atoms with van der Waals surface area (Å²) in [5, 5.41) is 9.03. The molecule has 3 atom stereocenters. The summed E-state index contributed by atoms with van der Waals surface area (Å²) >= 11 is 0. The standard InChI is InChI=1S/C17H25NO2/c1-12-5-4-6-13(2)18(12)11-15-7-9-16(10-8-15)14(3)17(19)20/h7-10,12-14H,4-6,11H2,1-3H3,(H,19,20)/t12-,13+,14?. The fourth-order valence-corrected chi connectivity index (χ4v) is 3.05. The topological polar surface area (TPSA) is 40.5 Å².